The molecule has 3 nitrogen and oxygen atoms in total. The number of nitrogens with zero attached hydrogens (tertiary/aromatic N) is 1. The Labute approximate surface area is 136 Å². The van der Waals surface area contributed by atoms with E-state index in [1.165, 1.54) is 17.2 Å². The molecule has 0 bridgehead atoms. The van der Waals surface area contributed by atoms with Gasteiger partial charge in [0.05, 0.1) is 6.04 Å². The summed E-state index contributed by atoms with van der Waals surface area (Å²) in [6.07, 6.45) is 1.94. The Balaban J connectivity index is 1.78. The third-order valence-electron chi connectivity index (χ3n) is 4.48. The number of rotatable bonds is 2. The van der Waals surface area contributed by atoms with Crippen LogP contribution in [0.2, 0.25) is 0 Å². The molecule has 2 aromatic rings. The number of hydrogen-bond acceptors (Lipinski definition) is 1. The molecule has 1 saturated heterocycles. The van der Waals surface area contributed by atoms with Crippen LogP contribution in [0.25, 0.3) is 0 Å². The molecule has 0 saturated carbocycles. The minimum Gasteiger partial charge on any atom is -0.317 e. The first-order chi connectivity index (χ1) is 11.1. The molecule has 1 aliphatic rings. The fourth-order valence-electron chi connectivity index (χ4n) is 3.16. The molecule has 1 N–H and O–H groups in total. The largest absolute Gasteiger partial charge is 0.322 e. The van der Waals surface area contributed by atoms with Gasteiger partial charge in [0, 0.05) is 12.2 Å². The van der Waals surface area contributed by atoms with E-state index >= 15 is 0 Å². The van der Waals surface area contributed by atoms with Crippen molar-refractivity contribution in [2.45, 2.75) is 32.7 Å². The number of amides is 2. The summed E-state index contributed by atoms with van der Waals surface area (Å²) in [5.74, 6) is -0.306. The minimum atomic E-state index is -0.306. The van der Waals surface area contributed by atoms with E-state index in [0.717, 1.165) is 19.4 Å². The maximum Gasteiger partial charge on any atom is 0.322 e. The van der Waals surface area contributed by atoms with Gasteiger partial charge in [-0.3, -0.25) is 0 Å². The lowest BCUT2D eigenvalue weighted by atomic mass is 9.99. The van der Waals surface area contributed by atoms with Crippen LogP contribution in [0.1, 0.15) is 35.6 Å². The summed E-state index contributed by atoms with van der Waals surface area (Å²) in [6, 6.07) is 12.9. The zero-order valence-electron chi connectivity index (χ0n) is 13.5. The average molecular weight is 312 g/mol. The van der Waals surface area contributed by atoms with Crippen molar-refractivity contribution in [2.24, 2.45) is 0 Å². The van der Waals surface area contributed by atoms with Gasteiger partial charge in [-0.15, -0.1) is 0 Å². The number of likely N-dealkylation sites (tertiary alicyclic amines) is 1. The van der Waals surface area contributed by atoms with Crippen molar-refractivity contribution in [1.82, 2.24) is 4.90 Å². The maximum absolute atomic E-state index is 13.6. The number of carbonyl (C=O) groups is 1. The molecule has 1 aliphatic heterocycles. The molecule has 0 radical (unpaired) electrons. The molecule has 1 fully saturated rings. The summed E-state index contributed by atoms with van der Waals surface area (Å²) in [5.41, 5.74) is 3.45. The lowest BCUT2D eigenvalue weighted by Gasteiger charge is -2.26. The summed E-state index contributed by atoms with van der Waals surface area (Å²) in [7, 11) is 0. The van der Waals surface area contributed by atoms with Crippen molar-refractivity contribution in [3.63, 3.8) is 0 Å². The molecule has 120 valence electrons. The zero-order chi connectivity index (χ0) is 16.4. The highest BCUT2D eigenvalue weighted by molar-refractivity contribution is 5.89. The average Bonchev–Trinajstić information content (AvgIpc) is 3.01. The van der Waals surface area contributed by atoms with Crippen LogP contribution in [-0.4, -0.2) is 17.5 Å². The molecule has 0 aliphatic carbocycles. The Kier molecular flexibility index (Phi) is 4.33. The quantitative estimate of drug-likeness (QED) is 0.848. The second-order valence-electron chi connectivity index (χ2n) is 6.10. The van der Waals surface area contributed by atoms with Gasteiger partial charge in [0.25, 0.3) is 0 Å². The number of benzene rings is 2. The number of urea groups is 1. The van der Waals surface area contributed by atoms with E-state index in [9.17, 15) is 9.18 Å². The number of halogens is 1. The monoisotopic (exact) mass is 312 g/mol. The van der Waals surface area contributed by atoms with Crippen LogP contribution in [0.15, 0.2) is 42.5 Å². The van der Waals surface area contributed by atoms with Crippen LogP contribution in [0.3, 0.4) is 0 Å². The summed E-state index contributed by atoms with van der Waals surface area (Å²) >= 11 is 0. The van der Waals surface area contributed by atoms with Crippen LogP contribution in [-0.2, 0) is 0 Å². The van der Waals surface area contributed by atoms with Crippen molar-refractivity contribution in [3.05, 3.63) is 65.0 Å². The molecule has 1 heterocycles. The number of hydrogen-bond donors (Lipinski definition) is 1. The standard InChI is InChI=1S/C19H21FN2O/c1-13-6-3-4-7-16(13)18-8-5-11-22(18)19(23)21-15-10-9-14(2)17(20)12-15/h3-4,6-7,9-10,12,18H,5,8,11H2,1-2H3,(H,21,23)/t18-/m0/s1. The van der Waals surface area contributed by atoms with Gasteiger partial charge in [-0.2, -0.15) is 0 Å². The van der Waals surface area contributed by atoms with Gasteiger partial charge in [0.1, 0.15) is 5.82 Å². The van der Waals surface area contributed by atoms with Crippen molar-refractivity contribution in [2.75, 3.05) is 11.9 Å². The summed E-state index contributed by atoms with van der Waals surface area (Å²) in [6.45, 7) is 4.49. The Morgan fingerprint density at radius 3 is 2.70 bits per heavy atom. The highest BCUT2D eigenvalue weighted by atomic mass is 19.1. The minimum absolute atomic E-state index is 0.0893. The van der Waals surface area contributed by atoms with E-state index in [1.807, 2.05) is 17.0 Å². The fourth-order valence-corrected chi connectivity index (χ4v) is 3.16. The van der Waals surface area contributed by atoms with Crippen LogP contribution in [0.5, 0.6) is 0 Å². The lowest BCUT2D eigenvalue weighted by molar-refractivity contribution is 0.207. The Hall–Kier alpha value is -2.36. The molecular formula is C19H21FN2O. The van der Waals surface area contributed by atoms with Crippen LogP contribution in [0.4, 0.5) is 14.9 Å². The van der Waals surface area contributed by atoms with Gasteiger partial charge in [-0.1, -0.05) is 30.3 Å². The van der Waals surface area contributed by atoms with Crippen molar-refractivity contribution in [1.29, 1.82) is 0 Å². The Morgan fingerprint density at radius 1 is 1.17 bits per heavy atom. The van der Waals surface area contributed by atoms with Gasteiger partial charge < -0.3 is 10.2 Å². The van der Waals surface area contributed by atoms with Crippen molar-refractivity contribution in [3.8, 4) is 0 Å². The zero-order valence-corrected chi connectivity index (χ0v) is 13.5. The van der Waals surface area contributed by atoms with Crippen LogP contribution in [0, 0.1) is 19.7 Å². The van der Waals surface area contributed by atoms with Gasteiger partial charge in [-0.05, 0) is 55.5 Å². The summed E-state index contributed by atoms with van der Waals surface area (Å²) < 4.78 is 13.6. The molecule has 1 atom stereocenters. The molecule has 23 heavy (non-hydrogen) atoms. The van der Waals surface area contributed by atoms with E-state index < -0.39 is 0 Å². The first-order valence-corrected chi connectivity index (χ1v) is 7.95. The van der Waals surface area contributed by atoms with Gasteiger partial charge >= 0.3 is 6.03 Å². The molecule has 0 spiro atoms. The predicted octanol–water partition coefficient (Wildman–Crippen LogP) is 4.81. The normalized spacial score (nSPS) is 17.3. The molecule has 2 amide bonds. The Morgan fingerprint density at radius 2 is 1.96 bits per heavy atom. The highest BCUT2D eigenvalue weighted by Crippen LogP contribution is 2.34. The topological polar surface area (TPSA) is 32.3 Å². The van der Waals surface area contributed by atoms with Crippen LogP contribution < -0.4 is 5.32 Å². The molecule has 3 rings (SSSR count). The van der Waals surface area contributed by atoms with E-state index in [-0.39, 0.29) is 17.9 Å². The van der Waals surface area contributed by atoms with Crippen molar-refractivity contribution >= 4 is 11.7 Å². The molecule has 4 heteroatoms. The van der Waals surface area contributed by atoms with Gasteiger partial charge in [-0.25, -0.2) is 9.18 Å². The highest BCUT2D eigenvalue weighted by Gasteiger charge is 2.30. The summed E-state index contributed by atoms with van der Waals surface area (Å²) in [4.78, 5) is 14.4. The van der Waals surface area contributed by atoms with E-state index in [4.69, 9.17) is 0 Å². The first-order valence-electron chi connectivity index (χ1n) is 7.95. The number of carbonyl (C=O) groups excluding carboxylic acids is 1. The summed E-state index contributed by atoms with van der Waals surface area (Å²) in [5, 5.41) is 2.82. The van der Waals surface area contributed by atoms with Gasteiger partial charge in [0.15, 0.2) is 0 Å². The fraction of sp³-hybridized carbons (Fsp3) is 0.316. The first kappa shape index (κ1) is 15.5. The maximum atomic E-state index is 13.6. The number of nitrogens with one attached hydrogen (secondary N) is 1. The van der Waals surface area contributed by atoms with E-state index in [2.05, 4.69) is 24.4 Å². The SMILES string of the molecule is Cc1ccc(NC(=O)N2CCC[C@H]2c2ccccc2C)cc1F. The molecule has 2 aromatic carbocycles. The smallest absolute Gasteiger partial charge is 0.317 e. The van der Waals surface area contributed by atoms with Gasteiger partial charge in [0.2, 0.25) is 0 Å². The van der Waals surface area contributed by atoms with Crippen molar-refractivity contribution < 1.29 is 9.18 Å². The van der Waals surface area contributed by atoms with E-state index in [0.29, 0.717) is 11.3 Å². The molecule has 0 unspecified atom stereocenters. The Bertz CT molecular complexity index is 729. The van der Waals surface area contributed by atoms with Crippen LogP contribution >= 0.6 is 0 Å². The van der Waals surface area contributed by atoms with E-state index in [1.54, 1.807) is 19.1 Å². The number of aryl methyl sites for hydroxylation is 2. The molecule has 0 aromatic heterocycles. The predicted molar refractivity (Wildman–Crippen MR) is 90.0 cm³/mol. The lowest BCUT2D eigenvalue weighted by Crippen LogP contribution is -2.34. The molecular weight excluding hydrogens is 291 g/mol. The third-order valence-corrected chi connectivity index (χ3v) is 4.48. The second-order valence-corrected chi connectivity index (χ2v) is 6.10. The number of anilines is 1. The third kappa shape index (κ3) is 3.21. The second kappa shape index (κ2) is 6.41.